The van der Waals surface area contributed by atoms with Gasteiger partial charge in [0.05, 0.1) is 0 Å². The van der Waals surface area contributed by atoms with Gasteiger partial charge < -0.3 is 5.73 Å². The van der Waals surface area contributed by atoms with Gasteiger partial charge in [-0.2, -0.15) is 0 Å². The molecular weight excluding hydrogens is 170 g/mol. The Balaban J connectivity index is 2.83. The maximum absolute atomic E-state index is 5.74. The average molecular weight is 185 g/mol. The molecular formula is C13H15N. The van der Waals surface area contributed by atoms with E-state index < -0.39 is 0 Å². The molecule has 0 amide bonds. The number of hydrogen-bond acceptors (Lipinski definition) is 1. The third-order valence-corrected chi connectivity index (χ3v) is 1.84. The first kappa shape index (κ1) is 10.3. The molecule has 0 aliphatic carbocycles. The van der Waals surface area contributed by atoms with E-state index in [1.54, 1.807) is 0 Å². The first-order valence-corrected chi connectivity index (χ1v) is 4.58. The van der Waals surface area contributed by atoms with Crippen LogP contribution in [0.4, 0.5) is 0 Å². The van der Waals surface area contributed by atoms with Gasteiger partial charge in [-0.1, -0.05) is 43.0 Å². The highest BCUT2D eigenvalue weighted by Gasteiger charge is 1.93. The first-order chi connectivity index (χ1) is 6.74. The molecule has 1 heteroatoms. The molecule has 0 heterocycles. The van der Waals surface area contributed by atoms with E-state index in [0.717, 1.165) is 16.8 Å². The summed E-state index contributed by atoms with van der Waals surface area (Å²) < 4.78 is 0. The lowest BCUT2D eigenvalue weighted by Gasteiger charge is -2.00. The number of hydrogen-bond donors (Lipinski definition) is 1. The van der Waals surface area contributed by atoms with Crippen LogP contribution < -0.4 is 5.73 Å². The second-order valence-corrected chi connectivity index (χ2v) is 3.04. The van der Waals surface area contributed by atoms with Gasteiger partial charge in [-0.3, -0.25) is 0 Å². The molecule has 0 saturated heterocycles. The number of rotatable bonds is 3. The summed E-state index contributed by atoms with van der Waals surface area (Å²) in [6.07, 6.45) is 5.63. The zero-order valence-electron chi connectivity index (χ0n) is 8.40. The highest BCUT2D eigenvalue weighted by molar-refractivity contribution is 5.72. The van der Waals surface area contributed by atoms with Crippen LogP contribution in [0.5, 0.6) is 0 Å². The van der Waals surface area contributed by atoms with E-state index in [1.807, 2.05) is 55.5 Å². The largest absolute Gasteiger partial charge is 0.399 e. The number of allylic oxidation sites excluding steroid dienone is 4. The van der Waals surface area contributed by atoms with Crippen LogP contribution in [0.25, 0.3) is 5.57 Å². The van der Waals surface area contributed by atoms with Crippen LogP contribution in [0.3, 0.4) is 0 Å². The highest BCUT2D eigenvalue weighted by atomic mass is 14.5. The van der Waals surface area contributed by atoms with Crippen LogP contribution in [0, 0.1) is 0 Å². The van der Waals surface area contributed by atoms with E-state index >= 15 is 0 Å². The standard InChI is InChI=1S/C13H15N/c1-3-7-13(14)10-11(2)12-8-5-4-6-9-12/h3-10H,2,14H2,1H3/b7-3-,13-10+. The molecule has 1 nitrogen and oxygen atoms in total. The molecule has 0 aromatic heterocycles. The summed E-state index contributed by atoms with van der Waals surface area (Å²) in [5.41, 5.74) is 8.49. The lowest BCUT2D eigenvalue weighted by Crippen LogP contribution is -1.93. The van der Waals surface area contributed by atoms with Gasteiger partial charge in [0, 0.05) is 5.70 Å². The van der Waals surface area contributed by atoms with Crippen molar-refractivity contribution in [3.63, 3.8) is 0 Å². The van der Waals surface area contributed by atoms with Crippen molar-refractivity contribution in [2.45, 2.75) is 6.92 Å². The predicted molar refractivity (Wildman–Crippen MR) is 62.6 cm³/mol. The summed E-state index contributed by atoms with van der Waals surface area (Å²) in [5.74, 6) is 0. The van der Waals surface area contributed by atoms with Crippen molar-refractivity contribution < 1.29 is 0 Å². The van der Waals surface area contributed by atoms with Gasteiger partial charge in [-0.25, -0.2) is 0 Å². The van der Waals surface area contributed by atoms with Crippen LogP contribution in [0.1, 0.15) is 12.5 Å². The molecule has 0 saturated carbocycles. The molecule has 1 rings (SSSR count). The van der Waals surface area contributed by atoms with Crippen LogP contribution in [-0.2, 0) is 0 Å². The topological polar surface area (TPSA) is 26.0 Å². The Morgan fingerprint density at radius 3 is 2.50 bits per heavy atom. The van der Waals surface area contributed by atoms with Gasteiger partial charge in [-0.05, 0) is 30.2 Å². The smallest absolute Gasteiger partial charge is 0.0316 e. The summed E-state index contributed by atoms with van der Waals surface area (Å²) in [5, 5.41) is 0. The molecule has 1 aromatic carbocycles. The van der Waals surface area contributed by atoms with Crippen LogP contribution >= 0.6 is 0 Å². The van der Waals surface area contributed by atoms with Crippen LogP contribution in [0.2, 0.25) is 0 Å². The summed E-state index contributed by atoms with van der Waals surface area (Å²) in [4.78, 5) is 0. The van der Waals surface area contributed by atoms with Gasteiger partial charge in [0.2, 0.25) is 0 Å². The highest BCUT2D eigenvalue weighted by Crippen LogP contribution is 2.13. The average Bonchev–Trinajstić information content (AvgIpc) is 2.19. The summed E-state index contributed by atoms with van der Waals surface area (Å²) in [6.45, 7) is 5.89. The molecule has 0 aliphatic rings. The zero-order chi connectivity index (χ0) is 10.4. The normalized spacial score (nSPS) is 11.9. The second-order valence-electron chi connectivity index (χ2n) is 3.04. The summed E-state index contributed by atoms with van der Waals surface area (Å²) in [7, 11) is 0. The minimum Gasteiger partial charge on any atom is -0.399 e. The number of nitrogens with two attached hydrogens (primary N) is 1. The van der Waals surface area contributed by atoms with E-state index in [-0.39, 0.29) is 0 Å². The fourth-order valence-corrected chi connectivity index (χ4v) is 1.18. The maximum Gasteiger partial charge on any atom is 0.0316 e. The summed E-state index contributed by atoms with van der Waals surface area (Å²) in [6, 6.07) is 9.99. The number of benzene rings is 1. The van der Waals surface area contributed by atoms with E-state index in [4.69, 9.17) is 5.73 Å². The van der Waals surface area contributed by atoms with Gasteiger partial charge in [0.25, 0.3) is 0 Å². The second kappa shape index (κ2) is 5.07. The van der Waals surface area contributed by atoms with Crippen molar-refractivity contribution in [1.29, 1.82) is 0 Å². The molecule has 0 fully saturated rings. The third-order valence-electron chi connectivity index (χ3n) is 1.84. The van der Waals surface area contributed by atoms with E-state index in [2.05, 4.69) is 6.58 Å². The van der Waals surface area contributed by atoms with Crippen molar-refractivity contribution in [2.75, 3.05) is 0 Å². The van der Waals surface area contributed by atoms with Gasteiger partial charge >= 0.3 is 0 Å². The quantitative estimate of drug-likeness (QED) is 0.719. The van der Waals surface area contributed by atoms with Crippen molar-refractivity contribution in [1.82, 2.24) is 0 Å². The minimum atomic E-state index is 0.723. The Morgan fingerprint density at radius 1 is 1.29 bits per heavy atom. The molecule has 2 N–H and O–H groups in total. The van der Waals surface area contributed by atoms with Gasteiger partial charge in [0.15, 0.2) is 0 Å². The molecule has 0 spiro atoms. The molecule has 0 unspecified atom stereocenters. The molecule has 14 heavy (non-hydrogen) atoms. The van der Waals surface area contributed by atoms with Crippen molar-refractivity contribution in [2.24, 2.45) is 5.73 Å². The Labute approximate surface area is 85.3 Å². The molecule has 0 bridgehead atoms. The molecule has 0 atom stereocenters. The van der Waals surface area contributed by atoms with Crippen LogP contribution in [0.15, 0.2) is 60.8 Å². The lowest BCUT2D eigenvalue weighted by molar-refractivity contribution is 1.41. The molecule has 0 radical (unpaired) electrons. The van der Waals surface area contributed by atoms with Gasteiger partial charge in [0.1, 0.15) is 0 Å². The first-order valence-electron chi connectivity index (χ1n) is 4.58. The third kappa shape index (κ3) is 2.94. The SMILES string of the molecule is C=C(/C=C(N)\C=C/C)c1ccccc1. The van der Waals surface area contributed by atoms with Gasteiger partial charge in [-0.15, -0.1) is 0 Å². The molecule has 72 valence electrons. The fraction of sp³-hybridized carbons (Fsp3) is 0.0769. The van der Waals surface area contributed by atoms with Crippen molar-refractivity contribution >= 4 is 5.57 Å². The Morgan fingerprint density at radius 2 is 1.93 bits per heavy atom. The predicted octanol–water partition coefficient (Wildman–Crippen LogP) is 3.12. The Kier molecular flexibility index (Phi) is 3.74. The lowest BCUT2D eigenvalue weighted by atomic mass is 10.1. The summed E-state index contributed by atoms with van der Waals surface area (Å²) >= 11 is 0. The monoisotopic (exact) mass is 185 g/mol. The van der Waals surface area contributed by atoms with E-state index in [9.17, 15) is 0 Å². The maximum atomic E-state index is 5.74. The minimum absolute atomic E-state index is 0.723. The van der Waals surface area contributed by atoms with Crippen molar-refractivity contribution in [3.8, 4) is 0 Å². The van der Waals surface area contributed by atoms with E-state index in [0.29, 0.717) is 0 Å². The van der Waals surface area contributed by atoms with E-state index in [1.165, 1.54) is 0 Å². The Hall–Kier alpha value is -1.76. The molecule has 0 aliphatic heterocycles. The fourth-order valence-electron chi connectivity index (χ4n) is 1.18. The van der Waals surface area contributed by atoms with Crippen LogP contribution in [-0.4, -0.2) is 0 Å². The zero-order valence-corrected chi connectivity index (χ0v) is 8.40. The van der Waals surface area contributed by atoms with Crippen molar-refractivity contribution in [3.05, 3.63) is 66.4 Å². The molecule has 1 aromatic rings. The Bertz CT molecular complexity index is 358.